The van der Waals surface area contributed by atoms with Crippen molar-refractivity contribution >= 4 is 17.9 Å². The van der Waals surface area contributed by atoms with Crippen LogP contribution in [0.4, 0.5) is 0 Å². The van der Waals surface area contributed by atoms with E-state index in [-0.39, 0.29) is 42.7 Å². The summed E-state index contributed by atoms with van der Waals surface area (Å²) < 4.78 is 17.3. The molecule has 64 heavy (non-hydrogen) atoms. The summed E-state index contributed by atoms with van der Waals surface area (Å²) in [6, 6.07) is -0.723. The van der Waals surface area contributed by atoms with Gasteiger partial charge in [0.15, 0.2) is 6.10 Å². The number of esters is 2. The number of ether oxygens (including phenoxy) is 3. The first kappa shape index (κ1) is 62.1. The molecule has 0 heterocycles. The van der Waals surface area contributed by atoms with E-state index in [1.807, 2.05) is 21.1 Å². The second-order valence-corrected chi connectivity index (χ2v) is 20.2. The Hall–Kier alpha value is -1.93. The van der Waals surface area contributed by atoms with E-state index in [0.29, 0.717) is 12.8 Å². The van der Waals surface area contributed by atoms with E-state index in [2.05, 4.69) is 26.0 Å². The Kier molecular flexibility index (Phi) is 46.1. The number of allylic oxidation sites excluding steroid dienone is 2. The number of nitrogens with zero attached hydrogens (tertiary/aromatic N) is 1. The quantitative estimate of drug-likeness (QED) is 0.0259. The van der Waals surface area contributed by atoms with Gasteiger partial charge in [-0.15, -0.1) is 0 Å². The van der Waals surface area contributed by atoms with Crippen LogP contribution in [0.25, 0.3) is 0 Å². The molecular weight excluding hydrogens is 799 g/mol. The molecule has 0 bridgehead atoms. The number of rotatable bonds is 51. The fraction of sp³-hybridized carbons (Fsp3) is 0.911. The first-order valence-electron chi connectivity index (χ1n) is 27.7. The molecule has 0 amide bonds. The molecule has 0 saturated heterocycles. The van der Waals surface area contributed by atoms with Crippen LogP contribution in [0.15, 0.2) is 12.2 Å². The van der Waals surface area contributed by atoms with Gasteiger partial charge in [-0.05, 0) is 38.5 Å². The molecule has 0 aromatic heterocycles. The van der Waals surface area contributed by atoms with Gasteiger partial charge in [-0.1, -0.05) is 231 Å². The number of unbranched alkanes of at least 4 members (excludes halogenated alkanes) is 35. The Morgan fingerprint density at radius 2 is 0.781 bits per heavy atom. The van der Waals surface area contributed by atoms with Gasteiger partial charge in [0, 0.05) is 19.3 Å². The summed E-state index contributed by atoms with van der Waals surface area (Å²) in [6.45, 7) is 4.72. The number of hydrogen-bond donors (Lipinski definition) is 0. The zero-order chi connectivity index (χ0) is 47.0. The molecule has 0 rings (SSSR count). The predicted octanol–water partition coefficient (Wildman–Crippen LogP) is 14.9. The lowest BCUT2D eigenvalue weighted by Crippen LogP contribution is -2.55. The number of carbonyl (C=O) groups is 3. The van der Waals surface area contributed by atoms with Crippen LogP contribution in [0.2, 0.25) is 0 Å². The molecule has 2 atom stereocenters. The average molecular weight is 906 g/mol. The van der Waals surface area contributed by atoms with Crippen LogP contribution < -0.4 is 5.11 Å². The molecule has 0 aliphatic heterocycles. The molecule has 8 nitrogen and oxygen atoms in total. The van der Waals surface area contributed by atoms with Gasteiger partial charge in [-0.3, -0.25) is 9.59 Å². The van der Waals surface area contributed by atoms with E-state index >= 15 is 0 Å². The lowest BCUT2D eigenvalue weighted by Gasteiger charge is -2.34. The maximum Gasteiger partial charge on any atom is 0.306 e. The maximum atomic E-state index is 12.8. The Balaban J connectivity index is 4.17. The minimum absolute atomic E-state index is 0.0453. The number of aliphatic carboxylic acids is 1. The van der Waals surface area contributed by atoms with Crippen molar-refractivity contribution in [3.8, 4) is 0 Å². The molecule has 0 radical (unpaired) electrons. The SMILES string of the molecule is CCCCCCCCCCCC/C=C/CCCCCCCCCC(=O)OC(COCCC(C(=O)[O-])[N+](C)(C)C)COC(=O)CCCCCCCCCCCCCCCCCCCCC. The van der Waals surface area contributed by atoms with Gasteiger partial charge in [-0.25, -0.2) is 0 Å². The van der Waals surface area contributed by atoms with E-state index in [0.717, 1.165) is 38.5 Å². The largest absolute Gasteiger partial charge is 0.544 e. The van der Waals surface area contributed by atoms with Crippen LogP contribution >= 0.6 is 0 Å². The zero-order valence-corrected chi connectivity index (χ0v) is 43.2. The molecule has 0 spiro atoms. The number of quaternary nitrogens is 1. The molecule has 0 fully saturated rings. The monoisotopic (exact) mass is 906 g/mol. The fourth-order valence-electron chi connectivity index (χ4n) is 8.60. The highest BCUT2D eigenvalue weighted by Crippen LogP contribution is 2.17. The highest BCUT2D eigenvalue weighted by atomic mass is 16.6. The highest BCUT2D eigenvalue weighted by molar-refractivity contribution is 5.70. The molecule has 0 aromatic carbocycles. The van der Waals surface area contributed by atoms with Crippen LogP contribution in [0.1, 0.15) is 277 Å². The van der Waals surface area contributed by atoms with Crippen molar-refractivity contribution in [1.82, 2.24) is 0 Å². The van der Waals surface area contributed by atoms with Crippen molar-refractivity contribution in [1.29, 1.82) is 0 Å². The Bertz CT molecular complexity index is 1060. The molecule has 0 N–H and O–H groups in total. The smallest absolute Gasteiger partial charge is 0.306 e. The molecule has 2 unspecified atom stereocenters. The minimum atomic E-state index is -1.12. The third kappa shape index (κ3) is 45.2. The molecule has 0 saturated carbocycles. The molecule has 8 heteroatoms. The van der Waals surface area contributed by atoms with Crippen molar-refractivity contribution in [2.75, 3.05) is 41.0 Å². The number of carboxylic acids is 1. The van der Waals surface area contributed by atoms with Crippen molar-refractivity contribution in [3.63, 3.8) is 0 Å². The Morgan fingerprint density at radius 1 is 0.453 bits per heavy atom. The molecular formula is C56H107NO7. The summed E-state index contributed by atoms with van der Waals surface area (Å²) in [6.07, 6.45) is 53.9. The lowest BCUT2D eigenvalue weighted by atomic mass is 10.0. The third-order valence-electron chi connectivity index (χ3n) is 12.9. The minimum Gasteiger partial charge on any atom is -0.544 e. The summed E-state index contributed by atoms with van der Waals surface area (Å²) in [5.74, 6) is -1.72. The molecule has 0 aliphatic rings. The van der Waals surface area contributed by atoms with Gasteiger partial charge in [0.2, 0.25) is 0 Å². The van der Waals surface area contributed by atoms with Gasteiger partial charge in [0.1, 0.15) is 12.6 Å². The predicted molar refractivity (Wildman–Crippen MR) is 268 cm³/mol. The molecule has 378 valence electrons. The molecule has 0 aliphatic carbocycles. The summed E-state index contributed by atoms with van der Waals surface area (Å²) in [5, 5.41) is 11.7. The normalized spacial score (nSPS) is 12.8. The van der Waals surface area contributed by atoms with Crippen molar-refractivity contribution < 1.29 is 38.2 Å². The van der Waals surface area contributed by atoms with Crippen LogP contribution in [0, 0.1) is 0 Å². The number of carbonyl (C=O) groups excluding carboxylic acids is 3. The maximum absolute atomic E-state index is 12.8. The summed E-state index contributed by atoms with van der Waals surface area (Å²) in [4.78, 5) is 37.1. The van der Waals surface area contributed by atoms with Crippen LogP contribution in [-0.4, -0.2) is 75.5 Å². The van der Waals surface area contributed by atoms with Gasteiger partial charge < -0.3 is 28.6 Å². The second kappa shape index (κ2) is 47.6. The highest BCUT2D eigenvalue weighted by Gasteiger charge is 2.25. The van der Waals surface area contributed by atoms with Crippen molar-refractivity contribution in [3.05, 3.63) is 12.2 Å². The zero-order valence-electron chi connectivity index (χ0n) is 43.2. The summed E-state index contributed by atoms with van der Waals surface area (Å²) >= 11 is 0. The lowest BCUT2D eigenvalue weighted by molar-refractivity contribution is -0.889. The number of carboxylic acid groups (broad SMARTS) is 1. The van der Waals surface area contributed by atoms with E-state index in [1.165, 1.54) is 205 Å². The van der Waals surface area contributed by atoms with E-state index in [1.54, 1.807) is 0 Å². The molecule has 0 aromatic rings. The van der Waals surface area contributed by atoms with Gasteiger partial charge in [0.05, 0.1) is 40.3 Å². The van der Waals surface area contributed by atoms with Crippen LogP contribution in [0.5, 0.6) is 0 Å². The first-order valence-corrected chi connectivity index (χ1v) is 27.7. The Labute approximate surface area is 397 Å². The fourth-order valence-corrected chi connectivity index (χ4v) is 8.60. The van der Waals surface area contributed by atoms with Gasteiger partial charge in [-0.2, -0.15) is 0 Å². The van der Waals surface area contributed by atoms with E-state index in [9.17, 15) is 19.5 Å². The van der Waals surface area contributed by atoms with Crippen molar-refractivity contribution in [2.45, 2.75) is 289 Å². The number of likely N-dealkylation sites (N-methyl/N-ethyl adjacent to an activating group) is 1. The van der Waals surface area contributed by atoms with Gasteiger partial charge in [0.25, 0.3) is 0 Å². The third-order valence-corrected chi connectivity index (χ3v) is 12.9. The first-order chi connectivity index (χ1) is 31.1. The van der Waals surface area contributed by atoms with Crippen molar-refractivity contribution in [2.24, 2.45) is 0 Å². The second-order valence-electron chi connectivity index (χ2n) is 20.2. The van der Waals surface area contributed by atoms with Gasteiger partial charge >= 0.3 is 11.9 Å². The number of hydrogen-bond acceptors (Lipinski definition) is 7. The summed E-state index contributed by atoms with van der Waals surface area (Å²) in [7, 11) is 5.43. The Morgan fingerprint density at radius 3 is 1.12 bits per heavy atom. The average Bonchev–Trinajstić information content (AvgIpc) is 3.26. The topological polar surface area (TPSA) is 102 Å². The van der Waals surface area contributed by atoms with Crippen LogP contribution in [-0.2, 0) is 28.6 Å². The summed E-state index contributed by atoms with van der Waals surface area (Å²) in [5.41, 5.74) is 0. The standard InChI is InChI=1S/C56H107NO7/c1-6-8-10-12-14-16-18-20-22-24-26-27-29-31-33-35-37-39-41-43-45-47-55(59)64-52(50-62-49-48-53(56(60)61)57(3,4)5)51-63-54(58)46-44-42-40-38-36-34-32-30-28-25-23-21-19-17-15-13-11-9-7-2/h27,29,52-53H,6-26,28,30-51H2,1-5H3/b29-27+. The van der Waals surface area contributed by atoms with E-state index < -0.39 is 18.1 Å². The van der Waals surface area contributed by atoms with E-state index in [4.69, 9.17) is 14.2 Å². The van der Waals surface area contributed by atoms with Crippen LogP contribution in [0.3, 0.4) is 0 Å².